The van der Waals surface area contributed by atoms with Gasteiger partial charge in [-0.1, -0.05) is 0 Å². The average Bonchev–Trinajstić information content (AvgIpc) is 2.47. The Balaban J connectivity index is 2.22. The van der Waals surface area contributed by atoms with E-state index in [-0.39, 0.29) is 10.6 Å². The predicted molar refractivity (Wildman–Crippen MR) is 77.3 cm³/mol. The van der Waals surface area contributed by atoms with Crippen LogP contribution in [0, 0.1) is 16.0 Å². The van der Waals surface area contributed by atoms with Crippen LogP contribution in [-0.2, 0) is 4.74 Å². The normalized spacial score (nSPS) is 18.9. The Morgan fingerprint density at radius 2 is 2.40 bits per heavy atom. The van der Waals surface area contributed by atoms with Crippen molar-refractivity contribution in [3.8, 4) is 0 Å². The minimum atomic E-state index is -0.386. The van der Waals surface area contributed by atoms with Gasteiger partial charge in [0.15, 0.2) is 0 Å². The Bertz CT molecular complexity index is 479. The number of methoxy groups -OCH3 is 1. The molecule has 0 spiro atoms. The van der Waals surface area contributed by atoms with Crippen molar-refractivity contribution in [1.82, 2.24) is 4.98 Å². The van der Waals surface area contributed by atoms with Crippen molar-refractivity contribution in [3.05, 3.63) is 22.2 Å². The van der Waals surface area contributed by atoms with E-state index in [1.807, 2.05) is 0 Å². The van der Waals surface area contributed by atoms with Crippen LogP contribution < -0.4 is 10.2 Å². The van der Waals surface area contributed by atoms with Crippen molar-refractivity contribution in [1.29, 1.82) is 0 Å². The van der Waals surface area contributed by atoms with E-state index in [2.05, 4.69) is 15.2 Å². The summed E-state index contributed by atoms with van der Waals surface area (Å²) in [6, 6.07) is 2.98. The van der Waals surface area contributed by atoms with Gasteiger partial charge in [-0.15, -0.1) is 0 Å². The molecule has 1 unspecified atom stereocenters. The molecule has 1 saturated heterocycles. The third-order valence-electron chi connectivity index (χ3n) is 3.51. The largest absolute Gasteiger partial charge is 0.384 e. The second kappa shape index (κ2) is 6.51. The zero-order valence-electron chi connectivity index (χ0n) is 11.8. The summed E-state index contributed by atoms with van der Waals surface area (Å²) in [7, 11) is 3.41. The quantitative estimate of drug-likeness (QED) is 0.655. The monoisotopic (exact) mass is 280 g/mol. The maximum absolute atomic E-state index is 11.0. The van der Waals surface area contributed by atoms with Crippen molar-refractivity contribution in [3.63, 3.8) is 0 Å². The number of piperidine rings is 1. The molecule has 0 aliphatic carbocycles. The Morgan fingerprint density at radius 1 is 1.60 bits per heavy atom. The number of ether oxygens (including phenoxy) is 1. The predicted octanol–water partition coefficient (Wildman–Crippen LogP) is 1.89. The lowest BCUT2D eigenvalue weighted by Gasteiger charge is -2.33. The van der Waals surface area contributed by atoms with E-state index in [1.54, 1.807) is 14.2 Å². The first-order chi connectivity index (χ1) is 9.63. The van der Waals surface area contributed by atoms with Crippen LogP contribution in [0.4, 0.5) is 17.3 Å². The van der Waals surface area contributed by atoms with Gasteiger partial charge in [-0.25, -0.2) is 4.98 Å². The number of hydrogen-bond acceptors (Lipinski definition) is 6. The topological polar surface area (TPSA) is 80.5 Å². The van der Waals surface area contributed by atoms with Crippen molar-refractivity contribution < 1.29 is 9.66 Å². The molecule has 2 heterocycles. The lowest BCUT2D eigenvalue weighted by atomic mass is 9.99. The number of nitro groups is 1. The number of aromatic nitrogens is 1. The molecule has 1 aromatic heterocycles. The maximum atomic E-state index is 11.0. The van der Waals surface area contributed by atoms with E-state index in [4.69, 9.17) is 4.74 Å². The van der Waals surface area contributed by atoms with Crippen LogP contribution in [0.25, 0.3) is 0 Å². The molecule has 1 atom stereocenters. The first kappa shape index (κ1) is 14.5. The number of hydrogen-bond donors (Lipinski definition) is 1. The van der Waals surface area contributed by atoms with Crippen LogP contribution in [-0.4, -0.2) is 43.8 Å². The number of pyridine rings is 1. The van der Waals surface area contributed by atoms with Crippen molar-refractivity contribution in [2.24, 2.45) is 5.92 Å². The molecule has 1 aliphatic rings. The molecule has 110 valence electrons. The summed E-state index contributed by atoms with van der Waals surface area (Å²) in [6.07, 6.45) is 2.17. The summed E-state index contributed by atoms with van der Waals surface area (Å²) in [5.41, 5.74) is 0.0632. The van der Waals surface area contributed by atoms with Crippen LogP contribution in [0.1, 0.15) is 12.8 Å². The zero-order valence-corrected chi connectivity index (χ0v) is 11.8. The smallest absolute Gasteiger partial charge is 0.276 e. The lowest BCUT2D eigenvalue weighted by molar-refractivity contribution is -0.384. The van der Waals surface area contributed by atoms with Gasteiger partial charge >= 0.3 is 0 Å². The summed E-state index contributed by atoms with van der Waals surface area (Å²) in [6.45, 7) is 2.41. The summed E-state index contributed by atoms with van der Waals surface area (Å²) in [5.74, 6) is 1.63. The fourth-order valence-electron chi connectivity index (χ4n) is 2.54. The number of nitrogens with one attached hydrogen (secondary N) is 1. The van der Waals surface area contributed by atoms with Gasteiger partial charge in [0.25, 0.3) is 5.69 Å². The van der Waals surface area contributed by atoms with Gasteiger partial charge < -0.3 is 15.0 Å². The van der Waals surface area contributed by atoms with Crippen LogP contribution in [0.3, 0.4) is 0 Å². The minimum absolute atomic E-state index is 0.0632. The molecule has 7 heteroatoms. The molecular weight excluding hydrogens is 260 g/mol. The van der Waals surface area contributed by atoms with Gasteiger partial charge in [0.1, 0.15) is 11.6 Å². The first-order valence-corrected chi connectivity index (χ1v) is 6.72. The molecule has 20 heavy (non-hydrogen) atoms. The van der Waals surface area contributed by atoms with Gasteiger partial charge in [0, 0.05) is 27.2 Å². The molecule has 0 aromatic carbocycles. The summed E-state index contributed by atoms with van der Waals surface area (Å²) in [4.78, 5) is 17.1. The Hall–Kier alpha value is -1.89. The van der Waals surface area contributed by atoms with E-state index in [0.717, 1.165) is 25.9 Å². The molecule has 0 saturated carbocycles. The molecule has 2 rings (SSSR count). The van der Waals surface area contributed by atoms with Gasteiger partial charge in [0.05, 0.1) is 23.7 Å². The van der Waals surface area contributed by atoms with Crippen LogP contribution in [0.15, 0.2) is 12.1 Å². The number of anilines is 2. The van der Waals surface area contributed by atoms with E-state index in [1.165, 1.54) is 12.1 Å². The van der Waals surface area contributed by atoms with Crippen molar-refractivity contribution in [2.75, 3.05) is 44.1 Å². The molecule has 1 N–H and O–H groups in total. The van der Waals surface area contributed by atoms with E-state index in [9.17, 15) is 10.1 Å². The fourth-order valence-corrected chi connectivity index (χ4v) is 2.54. The maximum Gasteiger partial charge on any atom is 0.276 e. The highest BCUT2D eigenvalue weighted by Gasteiger charge is 2.23. The van der Waals surface area contributed by atoms with Gasteiger partial charge in [-0.3, -0.25) is 10.1 Å². The van der Waals surface area contributed by atoms with Gasteiger partial charge in [-0.05, 0) is 18.8 Å². The molecule has 1 fully saturated rings. The molecule has 1 aromatic rings. The highest BCUT2D eigenvalue weighted by Crippen LogP contribution is 2.27. The minimum Gasteiger partial charge on any atom is -0.384 e. The van der Waals surface area contributed by atoms with Gasteiger partial charge in [-0.2, -0.15) is 0 Å². The molecule has 0 amide bonds. The Morgan fingerprint density at radius 3 is 3.05 bits per heavy atom. The first-order valence-electron chi connectivity index (χ1n) is 6.72. The van der Waals surface area contributed by atoms with Crippen molar-refractivity contribution in [2.45, 2.75) is 12.8 Å². The molecular formula is C13H20N4O3. The standard InChI is InChI=1S/C13H20N4O3/c1-14-12-6-11(17(18)19)7-13(15-12)16-5-3-4-10(8-16)9-20-2/h6-7,10H,3-5,8-9H2,1-2H3,(H,14,15). The Labute approximate surface area is 118 Å². The molecule has 7 nitrogen and oxygen atoms in total. The number of rotatable bonds is 5. The van der Waals surface area contributed by atoms with Crippen LogP contribution >= 0.6 is 0 Å². The van der Waals surface area contributed by atoms with Crippen LogP contribution in [0.2, 0.25) is 0 Å². The van der Waals surface area contributed by atoms with Crippen molar-refractivity contribution >= 4 is 17.3 Å². The third-order valence-corrected chi connectivity index (χ3v) is 3.51. The summed E-state index contributed by atoms with van der Waals surface area (Å²) >= 11 is 0. The molecule has 0 bridgehead atoms. The molecule has 1 aliphatic heterocycles. The lowest BCUT2D eigenvalue weighted by Crippen LogP contribution is -2.37. The molecule has 0 radical (unpaired) electrons. The summed E-state index contributed by atoms with van der Waals surface area (Å²) in [5, 5.41) is 13.9. The summed E-state index contributed by atoms with van der Waals surface area (Å²) < 4.78 is 5.20. The van der Waals surface area contributed by atoms with Crippen LogP contribution in [0.5, 0.6) is 0 Å². The average molecular weight is 280 g/mol. The zero-order chi connectivity index (χ0) is 14.5. The highest BCUT2D eigenvalue weighted by atomic mass is 16.6. The SMILES string of the molecule is CNc1cc([N+](=O)[O-])cc(N2CCCC(COC)C2)n1. The Kier molecular flexibility index (Phi) is 4.73. The second-order valence-electron chi connectivity index (χ2n) is 4.99. The van der Waals surface area contributed by atoms with Gasteiger partial charge in [0.2, 0.25) is 0 Å². The second-order valence-corrected chi connectivity index (χ2v) is 4.99. The van der Waals surface area contributed by atoms with E-state index < -0.39 is 0 Å². The van der Waals surface area contributed by atoms with E-state index in [0.29, 0.717) is 24.2 Å². The fraction of sp³-hybridized carbons (Fsp3) is 0.615. The van der Waals surface area contributed by atoms with E-state index >= 15 is 0 Å². The third kappa shape index (κ3) is 3.36. The number of nitrogens with zero attached hydrogens (tertiary/aromatic N) is 3. The highest BCUT2D eigenvalue weighted by molar-refractivity contribution is 5.55.